The zero-order chi connectivity index (χ0) is 11.1. The van der Waals surface area contributed by atoms with Crippen LogP contribution in [0.15, 0.2) is 24.3 Å². The van der Waals surface area contributed by atoms with Crippen LogP contribution in [-0.4, -0.2) is 13.2 Å². The number of rotatable bonds is 5. The first kappa shape index (κ1) is 11.4. The molecule has 0 aromatic heterocycles. The van der Waals surface area contributed by atoms with Gasteiger partial charge in [-0.05, 0) is 18.6 Å². The van der Waals surface area contributed by atoms with Crippen LogP contribution in [0, 0.1) is 11.3 Å². The van der Waals surface area contributed by atoms with Crippen LogP contribution >= 0.6 is 0 Å². The molecule has 0 heterocycles. The van der Waals surface area contributed by atoms with Gasteiger partial charge in [-0.25, -0.2) is 0 Å². The summed E-state index contributed by atoms with van der Waals surface area (Å²) in [5.41, 5.74) is 0.946. The largest absolute Gasteiger partial charge is 0.495 e. The summed E-state index contributed by atoms with van der Waals surface area (Å²) in [6, 6.07) is 10.1. The third-order valence-electron chi connectivity index (χ3n) is 2.30. The molecule has 0 aliphatic heterocycles. The molecule has 1 rings (SSSR count). The molecule has 1 aromatic carbocycles. The molecule has 0 saturated carbocycles. The molecule has 0 radical (unpaired) electrons. The van der Waals surface area contributed by atoms with Gasteiger partial charge in [0, 0.05) is 6.04 Å². The van der Waals surface area contributed by atoms with Crippen molar-refractivity contribution < 1.29 is 4.74 Å². The molecule has 0 bridgehead atoms. The average molecular weight is 204 g/mol. The van der Waals surface area contributed by atoms with Gasteiger partial charge < -0.3 is 10.1 Å². The minimum Gasteiger partial charge on any atom is -0.495 e. The second kappa shape index (κ2) is 5.92. The third-order valence-corrected chi connectivity index (χ3v) is 2.30. The van der Waals surface area contributed by atoms with E-state index in [-0.39, 0.29) is 6.04 Å². The van der Waals surface area contributed by atoms with Gasteiger partial charge in [0.1, 0.15) is 5.75 Å². The topological polar surface area (TPSA) is 45.0 Å². The summed E-state index contributed by atoms with van der Waals surface area (Å²) >= 11 is 0. The van der Waals surface area contributed by atoms with E-state index in [1.807, 2.05) is 24.3 Å². The average Bonchev–Trinajstić information content (AvgIpc) is 2.29. The fourth-order valence-electron chi connectivity index (χ4n) is 1.39. The van der Waals surface area contributed by atoms with Crippen LogP contribution in [0.5, 0.6) is 5.75 Å². The number of nitriles is 1. The Kier molecular flexibility index (Phi) is 4.49. The van der Waals surface area contributed by atoms with Gasteiger partial charge in [0.05, 0.1) is 25.3 Å². The molecule has 0 aliphatic rings. The van der Waals surface area contributed by atoms with Crippen molar-refractivity contribution in [2.24, 2.45) is 0 Å². The van der Waals surface area contributed by atoms with Gasteiger partial charge >= 0.3 is 0 Å². The van der Waals surface area contributed by atoms with Crippen LogP contribution in [0.4, 0.5) is 5.69 Å². The number of benzene rings is 1. The molecule has 1 N–H and O–H groups in total. The Labute approximate surface area is 90.7 Å². The quantitative estimate of drug-likeness (QED) is 0.802. The van der Waals surface area contributed by atoms with E-state index < -0.39 is 0 Å². The maximum atomic E-state index is 8.65. The predicted molar refractivity (Wildman–Crippen MR) is 60.9 cm³/mol. The summed E-state index contributed by atoms with van der Waals surface area (Å²) in [4.78, 5) is 0. The molecular formula is C12H16N2O. The Morgan fingerprint density at radius 2 is 2.20 bits per heavy atom. The lowest BCUT2D eigenvalue weighted by atomic mass is 10.1. The van der Waals surface area contributed by atoms with Crippen molar-refractivity contribution in [2.75, 3.05) is 12.4 Å². The minimum absolute atomic E-state index is 0.186. The van der Waals surface area contributed by atoms with Crippen molar-refractivity contribution >= 4 is 5.69 Å². The van der Waals surface area contributed by atoms with E-state index in [1.54, 1.807) is 7.11 Å². The zero-order valence-electron chi connectivity index (χ0n) is 9.16. The van der Waals surface area contributed by atoms with Crippen molar-refractivity contribution in [3.8, 4) is 11.8 Å². The van der Waals surface area contributed by atoms with Crippen molar-refractivity contribution in [1.29, 1.82) is 5.26 Å². The first-order chi connectivity index (χ1) is 7.31. The summed E-state index contributed by atoms with van der Waals surface area (Å²) in [6.07, 6.45) is 1.43. The third kappa shape index (κ3) is 3.17. The molecule has 15 heavy (non-hydrogen) atoms. The first-order valence-electron chi connectivity index (χ1n) is 5.08. The number of methoxy groups -OCH3 is 1. The van der Waals surface area contributed by atoms with Crippen molar-refractivity contribution in [3.63, 3.8) is 0 Å². The molecule has 3 heteroatoms. The standard InChI is InChI=1S/C12H16N2O/c1-3-10(8-9-13)14-11-6-4-5-7-12(11)15-2/h4-7,10,14H,3,8H2,1-2H3. The molecule has 1 aromatic rings. The predicted octanol–water partition coefficient (Wildman–Crippen LogP) is 2.80. The summed E-state index contributed by atoms with van der Waals surface area (Å²) < 4.78 is 5.22. The molecule has 0 amide bonds. The van der Waals surface area contributed by atoms with E-state index >= 15 is 0 Å². The number of nitrogens with zero attached hydrogens (tertiary/aromatic N) is 1. The molecule has 0 aliphatic carbocycles. The van der Waals surface area contributed by atoms with E-state index in [0.29, 0.717) is 6.42 Å². The van der Waals surface area contributed by atoms with E-state index in [4.69, 9.17) is 10.00 Å². The second-order valence-corrected chi connectivity index (χ2v) is 3.31. The van der Waals surface area contributed by atoms with Crippen molar-refractivity contribution in [3.05, 3.63) is 24.3 Å². The summed E-state index contributed by atoms with van der Waals surface area (Å²) in [6.45, 7) is 2.06. The lowest BCUT2D eigenvalue weighted by Gasteiger charge is -2.17. The Bertz CT molecular complexity index is 344. The van der Waals surface area contributed by atoms with Crippen LogP contribution in [0.25, 0.3) is 0 Å². The van der Waals surface area contributed by atoms with E-state index in [2.05, 4.69) is 18.3 Å². The monoisotopic (exact) mass is 204 g/mol. The summed E-state index contributed by atoms with van der Waals surface area (Å²) in [7, 11) is 1.64. The Morgan fingerprint density at radius 1 is 1.47 bits per heavy atom. The highest BCUT2D eigenvalue weighted by Gasteiger charge is 2.08. The molecule has 3 nitrogen and oxygen atoms in total. The normalized spacial score (nSPS) is 11.5. The minimum atomic E-state index is 0.186. The molecule has 80 valence electrons. The van der Waals surface area contributed by atoms with Crippen molar-refractivity contribution in [1.82, 2.24) is 0 Å². The number of anilines is 1. The van der Waals surface area contributed by atoms with E-state index in [9.17, 15) is 0 Å². The van der Waals surface area contributed by atoms with Gasteiger partial charge in [-0.1, -0.05) is 19.1 Å². The van der Waals surface area contributed by atoms with Gasteiger partial charge in [0.25, 0.3) is 0 Å². The highest BCUT2D eigenvalue weighted by Crippen LogP contribution is 2.24. The van der Waals surface area contributed by atoms with Crippen LogP contribution in [0.2, 0.25) is 0 Å². The van der Waals surface area contributed by atoms with E-state index in [1.165, 1.54) is 0 Å². The summed E-state index contributed by atoms with van der Waals surface area (Å²) in [5, 5.41) is 12.0. The lowest BCUT2D eigenvalue weighted by Crippen LogP contribution is -2.17. The maximum Gasteiger partial charge on any atom is 0.141 e. The highest BCUT2D eigenvalue weighted by molar-refractivity contribution is 5.56. The van der Waals surface area contributed by atoms with Gasteiger partial charge in [-0.15, -0.1) is 0 Å². The van der Waals surface area contributed by atoms with E-state index in [0.717, 1.165) is 17.9 Å². The van der Waals surface area contributed by atoms with Crippen LogP contribution < -0.4 is 10.1 Å². The Hall–Kier alpha value is -1.69. The highest BCUT2D eigenvalue weighted by atomic mass is 16.5. The smallest absolute Gasteiger partial charge is 0.141 e. The van der Waals surface area contributed by atoms with Gasteiger partial charge in [-0.2, -0.15) is 5.26 Å². The van der Waals surface area contributed by atoms with Crippen molar-refractivity contribution in [2.45, 2.75) is 25.8 Å². The number of para-hydroxylation sites is 2. The van der Waals surface area contributed by atoms with Crippen LogP contribution in [0.1, 0.15) is 19.8 Å². The lowest BCUT2D eigenvalue weighted by molar-refractivity contribution is 0.416. The molecular weight excluding hydrogens is 188 g/mol. The Balaban J connectivity index is 2.74. The van der Waals surface area contributed by atoms with Gasteiger partial charge in [-0.3, -0.25) is 0 Å². The van der Waals surface area contributed by atoms with Gasteiger partial charge in [0.2, 0.25) is 0 Å². The summed E-state index contributed by atoms with van der Waals surface area (Å²) in [5.74, 6) is 0.814. The molecule has 0 spiro atoms. The van der Waals surface area contributed by atoms with Gasteiger partial charge in [0.15, 0.2) is 0 Å². The molecule has 0 saturated heterocycles. The maximum absolute atomic E-state index is 8.65. The van der Waals surface area contributed by atoms with Crippen LogP contribution in [0.3, 0.4) is 0 Å². The first-order valence-corrected chi connectivity index (χ1v) is 5.08. The number of ether oxygens (including phenoxy) is 1. The fraction of sp³-hybridized carbons (Fsp3) is 0.417. The molecule has 1 atom stereocenters. The molecule has 1 unspecified atom stereocenters. The number of nitrogens with one attached hydrogen (secondary N) is 1. The Morgan fingerprint density at radius 3 is 2.80 bits per heavy atom. The second-order valence-electron chi connectivity index (χ2n) is 3.31. The van der Waals surface area contributed by atoms with Crippen LogP contribution in [-0.2, 0) is 0 Å². The number of hydrogen-bond donors (Lipinski definition) is 1. The SMILES string of the molecule is CCC(CC#N)Nc1ccccc1OC. The fourth-order valence-corrected chi connectivity index (χ4v) is 1.39. The molecule has 0 fully saturated rings. The zero-order valence-corrected chi connectivity index (χ0v) is 9.16. The number of hydrogen-bond acceptors (Lipinski definition) is 3.